The van der Waals surface area contributed by atoms with Crippen LogP contribution in [0.4, 0.5) is 5.69 Å². The van der Waals surface area contributed by atoms with Crippen molar-refractivity contribution in [1.29, 1.82) is 0 Å². The smallest absolute Gasteiger partial charge is 0.228 e. The number of imidazole rings is 1. The molecule has 5 heteroatoms. The number of hydrogen-bond acceptors (Lipinski definition) is 3. The van der Waals surface area contributed by atoms with Crippen molar-refractivity contribution >= 4 is 22.6 Å². The van der Waals surface area contributed by atoms with E-state index in [-0.39, 0.29) is 12.0 Å². The van der Waals surface area contributed by atoms with E-state index in [0.717, 1.165) is 22.4 Å². The Kier molecular flexibility index (Phi) is 4.51. The molecule has 3 aromatic rings. The van der Waals surface area contributed by atoms with Gasteiger partial charge in [0.25, 0.3) is 0 Å². The van der Waals surface area contributed by atoms with Crippen molar-refractivity contribution in [2.45, 2.75) is 33.3 Å². The quantitative estimate of drug-likeness (QED) is 0.749. The molecule has 0 saturated carbocycles. The molecule has 124 valence electrons. The minimum atomic E-state index is -0.0783. The predicted molar refractivity (Wildman–Crippen MR) is 95.4 cm³/mol. The molecule has 1 heterocycles. The Balaban J connectivity index is 1.73. The third kappa shape index (κ3) is 3.74. The van der Waals surface area contributed by atoms with Crippen molar-refractivity contribution in [3.63, 3.8) is 0 Å². The summed E-state index contributed by atoms with van der Waals surface area (Å²) in [5.74, 6) is 1.47. The normalized spacial score (nSPS) is 11.0. The monoisotopic (exact) mass is 323 g/mol. The highest BCUT2D eigenvalue weighted by molar-refractivity contribution is 5.94. The van der Waals surface area contributed by atoms with Gasteiger partial charge in [-0.2, -0.15) is 0 Å². The van der Waals surface area contributed by atoms with Gasteiger partial charge in [-0.25, -0.2) is 4.98 Å². The Bertz CT molecular complexity index is 868. The zero-order valence-electron chi connectivity index (χ0n) is 14.1. The molecule has 0 bridgehead atoms. The lowest BCUT2D eigenvalue weighted by molar-refractivity contribution is -0.115. The number of H-pyrrole nitrogens is 1. The maximum atomic E-state index is 12.4. The van der Waals surface area contributed by atoms with Gasteiger partial charge in [0.1, 0.15) is 11.6 Å². The standard InChI is InChI=1S/C19H21N3O2/c1-12(2)24-18-7-5-4-6-16(18)22-19(23)11-14-8-9-15-17(10-14)21-13(3)20-15/h4-10,12H,11H2,1-3H3,(H,20,21)(H,22,23). The van der Waals surface area contributed by atoms with Crippen molar-refractivity contribution in [3.8, 4) is 5.75 Å². The van der Waals surface area contributed by atoms with Gasteiger partial charge in [-0.3, -0.25) is 4.79 Å². The molecule has 0 saturated heterocycles. The number of aromatic amines is 1. The predicted octanol–water partition coefficient (Wildman–Crippen LogP) is 3.84. The maximum absolute atomic E-state index is 12.4. The summed E-state index contributed by atoms with van der Waals surface area (Å²) < 4.78 is 5.73. The van der Waals surface area contributed by atoms with Gasteiger partial charge in [-0.05, 0) is 50.6 Å². The van der Waals surface area contributed by atoms with Crippen molar-refractivity contribution in [2.24, 2.45) is 0 Å². The average molecular weight is 323 g/mol. The minimum Gasteiger partial charge on any atom is -0.489 e. The Morgan fingerprint density at radius 1 is 1.25 bits per heavy atom. The number of carbonyl (C=O) groups is 1. The summed E-state index contributed by atoms with van der Waals surface area (Å²) in [4.78, 5) is 19.9. The fourth-order valence-electron chi connectivity index (χ4n) is 2.60. The van der Waals surface area contributed by atoms with Gasteiger partial charge in [0.05, 0.1) is 29.2 Å². The largest absolute Gasteiger partial charge is 0.489 e. The number of benzene rings is 2. The Morgan fingerprint density at radius 2 is 2.04 bits per heavy atom. The number of nitrogens with one attached hydrogen (secondary N) is 2. The number of aromatic nitrogens is 2. The fourth-order valence-corrected chi connectivity index (χ4v) is 2.60. The molecule has 0 atom stereocenters. The first-order chi connectivity index (χ1) is 11.5. The molecule has 24 heavy (non-hydrogen) atoms. The van der Waals surface area contributed by atoms with Crippen molar-refractivity contribution in [1.82, 2.24) is 9.97 Å². The number of fused-ring (bicyclic) bond motifs is 1. The van der Waals surface area contributed by atoms with Crippen LogP contribution in [0.2, 0.25) is 0 Å². The van der Waals surface area contributed by atoms with Crippen molar-refractivity contribution in [2.75, 3.05) is 5.32 Å². The molecule has 0 aliphatic carbocycles. The number of amides is 1. The van der Waals surface area contributed by atoms with Crippen LogP contribution >= 0.6 is 0 Å². The zero-order valence-corrected chi connectivity index (χ0v) is 14.1. The summed E-state index contributed by atoms with van der Waals surface area (Å²) in [6, 6.07) is 13.3. The van der Waals surface area contributed by atoms with Gasteiger partial charge in [0.15, 0.2) is 0 Å². The molecule has 1 aromatic heterocycles. The number of hydrogen-bond donors (Lipinski definition) is 2. The van der Waals surface area contributed by atoms with E-state index in [2.05, 4.69) is 15.3 Å². The molecule has 2 aromatic carbocycles. The second kappa shape index (κ2) is 6.74. The summed E-state index contributed by atoms with van der Waals surface area (Å²) in [5.41, 5.74) is 3.48. The summed E-state index contributed by atoms with van der Waals surface area (Å²) in [7, 11) is 0. The highest BCUT2D eigenvalue weighted by Gasteiger charge is 2.10. The van der Waals surface area contributed by atoms with E-state index in [4.69, 9.17) is 4.74 Å². The molecule has 3 rings (SSSR count). The topological polar surface area (TPSA) is 67.0 Å². The second-order valence-electron chi connectivity index (χ2n) is 6.06. The Hall–Kier alpha value is -2.82. The van der Waals surface area contributed by atoms with Gasteiger partial charge in [-0.1, -0.05) is 18.2 Å². The van der Waals surface area contributed by atoms with Crippen molar-refractivity contribution < 1.29 is 9.53 Å². The molecule has 0 spiro atoms. The average Bonchev–Trinajstić information content (AvgIpc) is 2.88. The molecule has 0 aliphatic heterocycles. The third-order valence-electron chi connectivity index (χ3n) is 3.55. The zero-order chi connectivity index (χ0) is 17.1. The van der Waals surface area contributed by atoms with Crippen LogP contribution < -0.4 is 10.1 Å². The number of nitrogens with zero attached hydrogens (tertiary/aromatic N) is 1. The van der Waals surface area contributed by atoms with Crippen LogP contribution in [0.25, 0.3) is 11.0 Å². The lowest BCUT2D eigenvalue weighted by Crippen LogP contribution is -2.16. The van der Waals surface area contributed by atoms with Gasteiger partial charge < -0.3 is 15.0 Å². The van der Waals surface area contributed by atoms with Crippen LogP contribution in [-0.4, -0.2) is 22.0 Å². The summed E-state index contributed by atoms with van der Waals surface area (Å²) >= 11 is 0. The van der Waals surface area contributed by atoms with E-state index >= 15 is 0 Å². The molecule has 1 amide bonds. The van der Waals surface area contributed by atoms with Crippen LogP contribution in [0.5, 0.6) is 5.75 Å². The van der Waals surface area contributed by atoms with Gasteiger partial charge >= 0.3 is 0 Å². The fraction of sp³-hybridized carbons (Fsp3) is 0.263. The van der Waals surface area contributed by atoms with E-state index in [9.17, 15) is 4.79 Å². The van der Waals surface area contributed by atoms with E-state index in [1.54, 1.807) is 0 Å². The molecule has 0 radical (unpaired) electrons. The lowest BCUT2D eigenvalue weighted by Gasteiger charge is -2.14. The first-order valence-electron chi connectivity index (χ1n) is 8.02. The summed E-state index contributed by atoms with van der Waals surface area (Å²) in [6.45, 7) is 5.83. The number of carbonyl (C=O) groups excluding carboxylic acids is 1. The molecular weight excluding hydrogens is 302 g/mol. The number of ether oxygens (including phenoxy) is 1. The van der Waals surface area contributed by atoms with Crippen molar-refractivity contribution in [3.05, 3.63) is 53.9 Å². The van der Waals surface area contributed by atoms with E-state index < -0.39 is 0 Å². The van der Waals surface area contributed by atoms with E-state index in [0.29, 0.717) is 17.9 Å². The van der Waals surface area contributed by atoms with Crippen LogP contribution in [-0.2, 0) is 11.2 Å². The highest BCUT2D eigenvalue weighted by atomic mass is 16.5. The highest BCUT2D eigenvalue weighted by Crippen LogP contribution is 2.25. The number of aryl methyl sites for hydroxylation is 1. The Labute approximate surface area is 141 Å². The van der Waals surface area contributed by atoms with E-state index in [1.807, 2.05) is 63.2 Å². The van der Waals surface area contributed by atoms with Crippen LogP contribution in [0.3, 0.4) is 0 Å². The molecular formula is C19H21N3O2. The third-order valence-corrected chi connectivity index (χ3v) is 3.55. The molecule has 5 nitrogen and oxygen atoms in total. The van der Waals surface area contributed by atoms with Gasteiger partial charge in [0.2, 0.25) is 5.91 Å². The number of anilines is 1. The molecule has 0 aliphatic rings. The van der Waals surface area contributed by atoms with Gasteiger partial charge in [0, 0.05) is 0 Å². The second-order valence-corrected chi connectivity index (χ2v) is 6.06. The lowest BCUT2D eigenvalue weighted by atomic mass is 10.1. The number of para-hydroxylation sites is 2. The number of rotatable bonds is 5. The van der Waals surface area contributed by atoms with Crippen LogP contribution in [0.15, 0.2) is 42.5 Å². The SMILES string of the molecule is Cc1nc2ccc(CC(=O)Nc3ccccc3OC(C)C)cc2[nH]1. The molecule has 2 N–H and O–H groups in total. The Morgan fingerprint density at radius 3 is 2.83 bits per heavy atom. The summed E-state index contributed by atoms with van der Waals surface area (Å²) in [6.07, 6.45) is 0.346. The molecule has 0 fully saturated rings. The van der Waals surface area contributed by atoms with E-state index in [1.165, 1.54) is 0 Å². The minimum absolute atomic E-state index is 0.0501. The van der Waals surface area contributed by atoms with Gasteiger partial charge in [-0.15, -0.1) is 0 Å². The molecule has 0 unspecified atom stereocenters. The first kappa shape index (κ1) is 16.1. The van der Waals surface area contributed by atoms with Crippen LogP contribution in [0.1, 0.15) is 25.2 Å². The maximum Gasteiger partial charge on any atom is 0.228 e. The first-order valence-corrected chi connectivity index (χ1v) is 8.02. The summed E-state index contributed by atoms with van der Waals surface area (Å²) in [5, 5.41) is 2.93. The van der Waals surface area contributed by atoms with Crippen LogP contribution in [0, 0.1) is 6.92 Å².